The van der Waals surface area contributed by atoms with Gasteiger partial charge in [-0.2, -0.15) is 0 Å². The van der Waals surface area contributed by atoms with E-state index in [0.717, 1.165) is 10.4 Å². The molecule has 0 saturated heterocycles. The van der Waals surface area contributed by atoms with Crippen LogP contribution in [0.3, 0.4) is 0 Å². The summed E-state index contributed by atoms with van der Waals surface area (Å²) in [6.45, 7) is 2.48. The summed E-state index contributed by atoms with van der Waals surface area (Å²) in [6.07, 6.45) is 3.30. The van der Waals surface area contributed by atoms with E-state index in [9.17, 15) is 8.42 Å². The Hall–Kier alpha value is -1.28. The van der Waals surface area contributed by atoms with Crippen LogP contribution >= 0.6 is 11.3 Å². The Morgan fingerprint density at radius 2 is 1.95 bits per heavy atom. The second-order valence-corrected chi connectivity index (χ2v) is 7.48. The summed E-state index contributed by atoms with van der Waals surface area (Å²) in [5.41, 5.74) is 0.885. The van der Waals surface area contributed by atoms with Crippen LogP contribution in [0, 0.1) is 0 Å². The molecule has 2 N–H and O–H groups in total. The van der Waals surface area contributed by atoms with E-state index in [0.29, 0.717) is 10.8 Å². The maximum absolute atomic E-state index is 12.3. The molecule has 0 aliphatic heterocycles. The van der Waals surface area contributed by atoms with E-state index in [2.05, 4.69) is 15.0 Å². The Labute approximate surface area is 123 Å². The second kappa shape index (κ2) is 6.45. The number of pyridine rings is 1. The van der Waals surface area contributed by atoms with Crippen molar-refractivity contribution in [3.63, 3.8) is 0 Å². The Balaban J connectivity index is 2.14. The van der Waals surface area contributed by atoms with Crippen molar-refractivity contribution in [3.8, 4) is 0 Å². The van der Waals surface area contributed by atoms with Crippen LogP contribution in [0.15, 0.2) is 40.9 Å². The lowest BCUT2D eigenvalue weighted by Gasteiger charge is -2.13. The first-order valence-corrected chi connectivity index (χ1v) is 8.48. The molecule has 0 spiro atoms. The highest BCUT2D eigenvalue weighted by Gasteiger charge is 2.20. The summed E-state index contributed by atoms with van der Waals surface area (Å²) < 4.78 is 27.6. The van der Waals surface area contributed by atoms with Gasteiger partial charge in [0.2, 0.25) is 0 Å². The number of aromatic nitrogens is 1. The summed E-state index contributed by atoms with van der Waals surface area (Å²) in [5, 5.41) is 3.00. The van der Waals surface area contributed by atoms with Crippen LogP contribution in [0.4, 0.5) is 0 Å². The van der Waals surface area contributed by atoms with Gasteiger partial charge < -0.3 is 5.32 Å². The van der Waals surface area contributed by atoms with Gasteiger partial charge in [-0.1, -0.05) is 0 Å². The first-order chi connectivity index (χ1) is 9.53. The van der Waals surface area contributed by atoms with Crippen LogP contribution in [0.5, 0.6) is 0 Å². The van der Waals surface area contributed by atoms with Crippen molar-refractivity contribution in [1.29, 1.82) is 0 Å². The Bertz CT molecular complexity index is 653. The molecule has 0 saturated carbocycles. The second-order valence-electron chi connectivity index (χ2n) is 4.37. The zero-order valence-electron chi connectivity index (χ0n) is 11.3. The van der Waals surface area contributed by atoms with Gasteiger partial charge in [0.15, 0.2) is 0 Å². The minimum atomic E-state index is -3.48. The minimum Gasteiger partial charge on any atom is -0.315 e. The van der Waals surface area contributed by atoms with Crippen LogP contribution in [0.1, 0.15) is 23.4 Å². The average Bonchev–Trinajstić information content (AvgIpc) is 2.89. The highest BCUT2D eigenvalue weighted by molar-refractivity contribution is 7.91. The van der Waals surface area contributed by atoms with Crippen LogP contribution < -0.4 is 10.0 Å². The molecule has 1 atom stereocenters. The lowest BCUT2D eigenvalue weighted by molar-refractivity contribution is 0.569. The SMILES string of the molecule is CNCc1ccc(S(=O)(=O)NC(C)c2ccncc2)s1. The molecule has 2 heterocycles. The Kier molecular flexibility index (Phi) is 4.87. The third-order valence-corrected chi connectivity index (χ3v) is 5.91. The van der Waals surface area contributed by atoms with Gasteiger partial charge in [0, 0.05) is 29.9 Å². The van der Waals surface area contributed by atoms with E-state index in [1.807, 2.05) is 20.0 Å². The number of rotatable bonds is 6. The summed E-state index contributed by atoms with van der Waals surface area (Å²) >= 11 is 1.28. The smallest absolute Gasteiger partial charge is 0.250 e. The first kappa shape index (κ1) is 15.1. The van der Waals surface area contributed by atoms with Gasteiger partial charge >= 0.3 is 0 Å². The maximum atomic E-state index is 12.3. The molecule has 20 heavy (non-hydrogen) atoms. The van der Waals surface area contributed by atoms with E-state index in [4.69, 9.17) is 0 Å². The molecule has 0 amide bonds. The van der Waals surface area contributed by atoms with Crippen LogP contribution in [-0.4, -0.2) is 20.4 Å². The largest absolute Gasteiger partial charge is 0.315 e. The fourth-order valence-electron chi connectivity index (χ4n) is 1.78. The summed E-state index contributed by atoms with van der Waals surface area (Å²) in [4.78, 5) is 4.91. The molecule has 0 fully saturated rings. The normalized spacial score (nSPS) is 13.3. The summed E-state index contributed by atoms with van der Waals surface area (Å²) in [7, 11) is -1.65. The minimum absolute atomic E-state index is 0.294. The number of nitrogens with zero attached hydrogens (tertiary/aromatic N) is 1. The first-order valence-electron chi connectivity index (χ1n) is 6.18. The predicted octanol–water partition coefficient (Wildman–Crippen LogP) is 1.90. The number of sulfonamides is 1. The van der Waals surface area contributed by atoms with Crippen molar-refractivity contribution in [2.24, 2.45) is 0 Å². The molecular formula is C13H17N3O2S2. The summed E-state index contributed by atoms with van der Waals surface area (Å²) in [6, 6.07) is 6.77. The fourth-order valence-corrected chi connectivity index (χ4v) is 4.40. The van der Waals surface area contributed by atoms with E-state index < -0.39 is 10.0 Å². The standard InChI is InChI=1S/C13H17N3O2S2/c1-10(11-5-7-15-8-6-11)16-20(17,18)13-4-3-12(19-13)9-14-2/h3-8,10,14,16H,9H2,1-2H3. The van der Waals surface area contributed by atoms with Gasteiger partial charge in [-0.25, -0.2) is 13.1 Å². The van der Waals surface area contributed by atoms with Crippen molar-refractivity contribution in [2.75, 3.05) is 7.05 Å². The van der Waals surface area contributed by atoms with Crippen molar-refractivity contribution in [3.05, 3.63) is 47.1 Å². The molecule has 2 aromatic rings. The predicted molar refractivity (Wildman–Crippen MR) is 80.1 cm³/mol. The van der Waals surface area contributed by atoms with Gasteiger partial charge in [0.05, 0.1) is 0 Å². The molecule has 108 valence electrons. The molecule has 7 heteroatoms. The van der Waals surface area contributed by atoms with Crippen LogP contribution in [0.2, 0.25) is 0 Å². The van der Waals surface area contributed by atoms with Crippen molar-refractivity contribution < 1.29 is 8.42 Å². The van der Waals surface area contributed by atoms with E-state index in [-0.39, 0.29) is 6.04 Å². The lowest BCUT2D eigenvalue weighted by atomic mass is 10.1. The zero-order chi connectivity index (χ0) is 14.6. The topological polar surface area (TPSA) is 71.1 Å². The highest BCUT2D eigenvalue weighted by atomic mass is 32.2. The van der Waals surface area contributed by atoms with E-state index in [1.165, 1.54) is 11.3 Å². The molecule has 0 radical (unpaired) electrons. The Morgan fingerprint density at radius 1 is 1.25 bits per heavy atom. The molecule has 1 unspecified atom stereocenters. The van der Waals surface area contributed by atoms with Crippen LogP contribution in [-0.2, 0) is 16.6 Å². The van der Waals surface area contributed by atoms with Crippen molar-refractivity contribution >= 4 is 21.4 Å². The van der Waals surface area contributed by atoms with Crippen LogP contribution in [0.25, 0.3) is 0 Å². The van der Waals surface area contributed by atoms with E-state index >= 15 is 0 Å². The van der Waals surface area contributed by atoms with Gasteiger partial charge in [0.25, 0.3) is 10.0 Å². The molecule has 5 nitrogen and oxygen atoms in total. The average molecular weight is 311 g/mol. The van der Waals surface area contributed by atoms with E-state index in [1.54, 1.807) is 30.6 Å². The molecule has 2 aromatic heterocycles. The molecular weight excluding hydrogens is 294 g/mol. The third-order valence-electron chi connectivity index (χ3n) is 2.79. The van der Waals surface area contributed by atoms with Gasteiger partial charge in [-0.15, -0.1) is 11.3 Å². The third kappa shape index (κ3) is 3.63. The van der Waals surface area contributed by atoms with Gasteiger partial charge in [-0.05, 0) is 43.8 Å². The molecule has 0 aliphatic rings. The molecule has 2 rings (SSSR count). The summed E-state index contributed by atoms with van der Waals surface area (Å²) in [5.74, 6) is 0. The number of hydrogen-bond donors (Lipinski definition) is 2. The number of hydrogen-bond acceptors (Lipinski definition) is 5. The highest BCUT2D eigenvalue weighted by Crippen LogP contribution is 2.23. The molecule has 0 aromatic carbocycles. The van der Waals surface area contributed by atoms with Gasteiger partial charge in [-0.3, -0.25) is 4.98 Å². The quantitative estimate of drug-likeness (QED) is 0.855. The monoisotopic (exact) mass is 311 g/mol. The zero-order valence-corrected chi connectivity index (χ0v) is 13.0. The lowest BCUT2D eigenvalue weighted by Crippen LogP contribution is -2.26. The maximum Gasteiger partial charge on any atom is 0.250 e. The molecule has 0 aliphatic carbocycles. The number of thiophene rings is 1. The molecule has 0 bridgehead atoms. The van der Waals surface area contributed by atoms with Gasteiger partial charge in [0.1, 0.15) is 4.21 Å². The van der Waals surface area contributed by atoms with Crippen molar-refractivity contribution in [1.82, 2.24) is 15.0 Å². The Morgan fingerprint density at radius 3 is 2.60 bits per heavy atom. The van der Waals surface area contributed by atoms with Crippen molar-refractivity contribution in [2.45, 2.75) is 23.7 Å². The fraction of sp³-hybridized carbons (Fsp3) is 0.308. The number of nitrogens with one attached hydrogen (secondary N) is 2.